The van der Waals surface area contributed by atoms with Crippen molar-refractivity contribution in [2.75, 3.05) is 19.7 Å². The van der Waals surface area contributed by atoms with Gasteiger partial charge in [0.2, 0.25) is 0 Å². The number of nitrogens with zero attached hydrogens (tertiary/aromatic N) is 1. The second-order valence-electron chi connectivity index (χ2n) is 5.57. The second kappa shape index (κ2) is 6.61. The number of piperidine rings is 1. The van der Waals surface area contributed by atoms with Crippen LogP contribution in [0.5, 0.6) is 5.75 Å². The fourth-order valence-corrected chi connectivity index (χ4v) is 2.60. The summed E-state index contributed by atoms with van der Waals surface area (Å²) in [5, 5.41) is 9.04. The molecule has 1 amide bonds. The lowest BCUT2D eigenvalue weighted by atomic mass is 9.98. The molecule has 2 rings (SSSR count). The van der Waals surface area contributed by atoms with Gasteiger partial charge in [0.15, 0.2) is 6.61 Å². The molecule has 1 aliphatic heterocycles. The number of ether oxygens (including phenoxy) is 1. The van der Waals surface area contributed by atoms with Gasteiger partial charge in [0.1, 0.15) is 5.75 Å². The molecule has 0 saturated carbocycles. The Morgan fingerprint density at radius 2 is 2.14 bits per heavy atom. The van der Waals surface area contributed by atoms with Gasteiger partial charge in [-0.15, -0.1) is 0 Å². The van der Waals surface area contributed by atoms with Crippen LogP contribution < -0.4 is 4.74 Å². The zero-order chi connectivity index (χ0) is 15.4. The van der Waals surface area contributed by atoms with Gasteiger partial charge in [0.05, 0.1) is 5.92 Å². The van der Waals surface area contributed by atoms with Crippen LogP contribution in [-0.4, -0.2) is 41.6 Å². The van der Waals surface area contributed by atoms with Crippen molar-refractivity contribution < 1.29 is 19.4 Å². The Labute approximate surface area is 124 Å². The number of aliphatic carboxylic acids is 1. The highest BCUT2D eigenvalue weighted by Crippen LogP contribution is 2.20. The van der Waals surface area contributed by atoms with Crippen LogP contribution in [0.25, 0.3) is 0 Å². The van der Waals surface area contributed by atoms with Gasteiger partial charge in [-0.25, -0.2) is 0 Å². The number of amides is 1. The third-order valence-electron chi connectivity index (χ3n) is 3.80. The van der Waals surface area contributed by atoms with E-state index >= 15 is 0 Å². The highest BCUT2D eigenvalue weighted by molar-refractivity contribution is 5.79. The van der Waals surface area contributed by atoms with Crippen LogP contribution in [0.2, 0.25) is 0 Å². The molecule has 114 valence electrons. The Morgan fingerprint density at radius 3 is 2.81 bits per heavy atom. The summed E-state index contributed by atoms with van der Waals surface area (Å²) in [6, 6.07) is 5.80. The number of aryl methyl sites for hydroxylation is 2. The number of carbonyl (C=O) groups excluding carboxylic acids is 1. The molecule has 0 aromatic heterocycles. The smallest absolute Gasteiger partial charge is 0.308 e. The van der Waals surface area contributed by atoms with E-state index in [1.54, 1.807) is 4.90 Å². The number of carboxylic acid groups (broad SMARTS) is 1. The molecule has 1 saturated heterocycles. The van der Waals surface area contributed by atoms with Crippen molar-refractivity contribution in [3.63, 3.8) is 0 Å². The molecule has 5 heteroatoms. The van der Waals surface area contributed by atoms with Gasteiger partial charge in [0.25, 0.3) is 5.91 Å². The van der Waals surface area contributed by atoms with E-state index in [1.807, 2.05) is 32.0 Å². The van der Waals surface area contributed by atoms with Gasteiger partial charge in [-0.2, -0.15) is 0 Å². The summed E-state index contributed by atoms with van der Waals surface area (Å²) in [5.41, 5.74) is 2.14. The molecule has 0 aliphatic carbocycles. The van der Waals surface area contributed by atoms with Crippen molar-refractivity contribution in [2.45, 2.75) is 26.7 Å². The van der Waals surface area contributed by atoms with Gasteiger partial charge in [0, 0.05) is 13.1 Å². The summed E-state index contributed by atoms with van der Waals surface area (Å²) in [4.78, 5) is 24.7. The average molecular weight is 291 g/mol. The van der Waals surface area contributed by atoms with E-state index < -0.39 is 11.9 Å². The fraction of sp³-hybridized carbons (Fsp3) is 0.500. The minimum atomic E-state index is -0.831. The van der Waals surface area contributed by atoms with E-state index in [0.29, 0.717) is 18.7 Å². The molecule has 0 radical (unpaired) electrons. The molecule has 0 spiro atoms. The van der Waals surface area contributed by atoms with Crippen molar-refractivity contribution in [3.8, 4) is 5.75 Å². The first-order chi connectivity index (χ1) is 9.97. The van der Waals surface area contributed by atoms with E-state index in [9.17, 15) is 9.59 Å². The molecular formula is C16H21NO4. The number of benzene rings is 1. The molecule has 1 aromatic carbocycles. The summed E-state index contributed by atoms with van der Waals surface area (Å²) in [7, 11) is 0. The normalized spacial score (nSPS) is 18.4. The first-order valence-corrected chi connectivity index (χ1v) is 7.18. The predicted molar refractivity (Wildman–Crippen MR) is 78.4 cm³/mol. The number of carboxylic acids is 1. The molecule has 21 heavy (non-hydrogen) atoms. The molecule has 1 fully saturated rings. The van der Waals surface area contributed by atoms with Crippen LogP contribution >= 0.6 is 0 Å². The number of rotatable bonds is 4. The predicted octanol–water partition coefficient (Wildman–Crippen LogP) is 2.01. The van der Waals surface area contributed by atoms with Gasteiger partial charge < -0.3 is 14.7 Å². The van der Waals surface area contributed by atoms with E-state index in [4.69, 9.17) is 9.84 Å². The lowest BCUT2D eigenvalue weighted by Crippen LogP contribution is -2.44. The minimum Gasteiger partial charge on any atom is -0.484 e. The Bertz CT molecular complexity index is 541. The average Bonchev–Trinajstić information content (AvgIpc) is 2.46. The number of hydrogen-bond donors (Lipinski definition) is 1. The zero-order valence-electron chi connectivity index (χ0n) is 12.5. The van der Waals surface area contributed by atoms with E-state index in [-0.39, 0.29) is 19.1 Å². The summed E-state index contributed by atoms with van der Waals surface area (Å²) in [6.45, 7) is 4.79. The third kappa shape index (κ3) is 3.97. The van der Waals surface area contributed by atoms with Crippen LogP contribution in [0, 0.1) is 19.8 Å². The summed E-state index contributed by atoms with van der Waals surface area (Å²) < 4.78 is 5.56. The first kappa shape index (κ1) is 15.4. The minimum absolute atomic E-state index is 0.0454. The molecule has 1 heterocycles. The Balaban J connectivity index is 1.90. The van der Waals surface area contributed by atoms with Gasteiger partial charge in [-0.3, -0.25) is 9.59 Å². The van der Waals surface area contributed by atoms with Crippen LogP contribution in [0.1, 0.15) is 24.0 Å². The third-order valence-corrected chi connectivity index (χ3v) is 3.80. The van der Waals surface area contributed by atoms with E-state index in [1.165, 1.54) is 0 Å². The van der Waals surface area contributed by atoms with E-state index in [0.717, 1.165) is 17.5 Å². The van der Waals surface area contributed by atoms with Crippen molar-refractivity contribution in [1.29, 1.82) is 0 Å². The van der Waals surface area contributed by atoms with Crippen molar-refractivity contribution in [2.24, 2.45) is 5.92 Å². The highest BCUT2D eigenvalue weighted by Gasteiger charge is 2.28. The van der Waals surface area contributed by atoms with Crippen LogP contribution in [0.4, 0.5) is 0 Å². The Morgan fingerprint density at radius 1 is 1.38 bits per heavy atom. The van der Waals surface area contributed by atoms with Crippen molar-refractivity contribution in [1.82, 2.24) is 4.90 Å². The molecule has 0 unspecified atom stereocenters. The van der Waals surface area contributed by atoms with Gasteiger partial charge in [-0.1, -0.05) is 17.7 Å². The van der Waals surface area contributed by atoms with E-state index in [2.05, 4.69) is 0 Å². The SMILES string of the molecule is Cc1ccc(OCC(=O)N2CCC[C@H](C(=O)O)C2)c(C)c1. The summed E-state index contributed by atoms with van der Waals surface area (Å²) in [5.74, 6) is -0.742. The summed E-state index contributed by atoms with van der Waals surface area (Å²) >= 11 is 0. The monoisotopic (exact) mass is 291 g/mol. The van der Waals surface area contributed by atoms with Crippen molar-refractivity contribution in [3.05, 3.63) is 29.3 Å². The Kier molecular flexibility index (Phi) is 4.83. The highest BCUT2D eigenvalue weighted by atomic mass is 16.5. The van der Waals surface area contributed by atoms with Gasteiger partial charge >= 0.3 is 5.97 Å². The number of likely N-dealkylation sites (tertiary alicyclic amines) is 1. The maximum Gasteiger partial charge on any atom is 0.308 e. The molecule has 1 atom stereocenters. The lowest BCUT2D eigenvalue weighted by Gasteiger charge is -2.30. The van der Waals surface area contributed by atoms with Crippen LogP contribution in [-0.2, 0) is 9.59 Å². The molecule has 1 N–H and O–H groups in total. The quantitative estimate of drug-likeness (QED) is 0.921. The fourth-order valence-electron chi connectivity index (χ4n) is 2.60. The maximum absolute atomic E-state index is 12.1. The first-order valence-electron chi connectivity index (χ1n) is 7.18. The number of carbonyl (C=O) groups is 2. The molecule has 1 aromatic rings. The second-order valence-corrected chi connectivity index (χ2v) is 5.57. The maximum atomic E-state index is 12.1. The van der Waals surface area contributed by atoms with Crippen LogP contribution in [0.15, 0.2) is 18.2 Å². The Hall–Kier alpha value is -2.04. The largest absolute Gasteiger partial charge is 0.484 e. The lowest BCUT2D eigenvalue weighted by molar-refractivity contribution is -0.146. The van der Waals surface area contributed by atoms with Crippen LogP contribution in [0.3, 0.4) is 0 Å². The van der Waals surface area contributed by atoms with Crippen molar-refractivity contribution >= 4 is 11.9 Å². The topological polar surface area (TPSA) is 66.8 Å². The summed E-state index contributed by atoms with van der Waals surface area (Å²) in [6.07, 6.45) is 1.36. The standard InChI is InChI=1S/C16H21NO4/c1-11-5-6-14(12(2)8-11)21-10-15(18)17-7-3-4-13(9-17)16(19)20/h5-6,8,13H,3-4,7,9-10H2,1-2H3,(H,19,20)/t13-/m0/s1. The molecule has 0 bridgehead atoms. The molecule has 5 nitrogen and oxygen atoms in total. The van der Waals surface area contributed by atoms with Gasteiger partial charge in [-0.05, 0) is 38.3 Å². The molecule has 1 aliphatic rings. The molecular weight excluding hydrogens is 270 g/mol. The number of hydrogen-bond acceptors (Lipinski definition) is 3. The zero-order valence-corrected chi connectivity index (χ0v) is 12.5.